The van der Waals surface area contributed by atoms with Crippen molar-refractivity contribution in [2.75, 3.05) is 38.3 Å². The van der Waals surface area contributed by atoms with Gasteiger partial charge in [0.15, 0.2) is 0 Å². The summed E-state index contributed by atoms with van der Waals surface area (Å²) < 4.78 is 17.2. The van der Waals surface area contributed by atoms with Gasteiger partial charge in [0.05, 0.1) is 23.4 Å². The largest absolute Gasteiger partial charge is 0.488 e. The van der Waals surface area contributed by atoms with Crippen LogP contribution in [0.15, 0.2) is 30.6 Å². The maximum absolute atomic E-state index is 6.06. The van der Waals surface area contributed by atoms with E-state index in [0.717, 1.165) is 66.4 Å². The molecule has 5 rings (SSSR count). The number of aromatic nitrogens is 4. The molecule has 4 heterocycles. The summed E-state index contributed by atoms with van der Waals surface area (Å²) in [7, 11) is 1.67. The van der Waals surface area contributed by atoms with Crippen molar-refractivity contribution in [3.05, 3.63) is 30.6 Å². The first-order chi connectivity index (χ1) is 15.2. The maximum atomic E-state index is 6.06. The highest BCUT2D eigenvalue weighted by Gasteiger charge is 2.38. The third kappa shape index (κ3) is 4.09. The molecule has 0 radical (unpaired) electrons. The average Bonchev–Trinajstić information content (AvgIpc) is 3.41. The first kappa shape index (κ1) is 20.2. The van der Waals surface area contributed by atoms with E-state index in [-0.39, 0.29) is 11.7 Å². The van der Waals surface area contributed by atoms with Crippen molar-refractivity contribution in [2.24, 2.45) is 0 Å². The van der Waals surface area contributed by atoms with Gasteiger partial charge in [-0.3, -0.25) is 5.10 Å². The first-order valence-electron chi connectivity index (χ1n) is 11.0. The van der Waals surface area contributed by atoms with Crippen LogP contribution in [0.25, 0.3) is 22.3 Å². The summed E-state index contributed by atoms with van der Waals surface area (Å²) in [5, 5.41) is 8.61. The molecular formula is C23H29N5O3. The zero-order valence-corrected chi connectivity index (χ0v) is 18.1. The van der Waals surface area contributed by atoms with Crippen LogP contribution in [0.5, 0.6) is 5.75 Å². The number of aromatic amines is 1. The van der Waals surface area contributed by atoms with Crippen molar-refractivity contribution in [2.45, 2.75) is 44.3 Å². The van der Waals surface area contributed by atoms with Crippen LogP contribution in [0.2, 0.25) is 0 Å². The number of ether oxygens (including phenoxy) is 3. The number of nitrogens with one attached hydrogen (secondary N) is 1. The van der Waals surface area contributed by atoms with Crippen molar-refractivity contribution in [1.82, 2.24) is 20.2 Å². The van der Waals surface area contributed by atoms with Crippen molar-refractivity contribution in [1.29, 1.82) is 0 Å². The van der Waals surface area contributed by atoms with Gasteiger partial charge >= 0.3 is 0 Å². The van der Waals surface area contributed by atoms with Gasteiger partial charge in [-0.15, -0.1) is 0 Å². The van der Waals surface area contributed by atoms with E-state index in [9.17, 15) is 0 Å². The average molecular weight is 424 g/mol. The van der Waals surface area contributed by atoms with Crippen LogP contribution in [0.3, 0.4) is 0 Å². The molecule has 1 unspecified atom stereocenters. The lowest BCUT2D eigenvalue weighted by atomic mass is 9.89. The fourth-order valence-electron chi connectivity index (χ4n) is 4.71. The summed E-state index contributed by atoms with van der Waals surface area (Å²) >= 11 is 0. The van der Waals surface area contributed by atoms with Gasteiger partial charge in [-0.2, -0.15) is 5.10 Å². The fourth-order valence-corrected chi connectivity index (χ4v) is 4.71. The minimum atomic E-state index is -0.0327. The Balaban J connectivity index is 1.38. The number of benzene rings is 1. The summed E-state index contributed by atoms with van der Waals surface area (Å²) in [6.07, 6.45) is 6.07. The smallest absolute Gasteiger partial charge is 0.132 e. The van der Waals surface area contributed by atoms with E-state index in [2.05, 4.69) is 25.1 Å². The summed E-state index contributed by atoms with van der Waals surface area (Å²) in [6.45, 7) is 5.33. The van der Waals surface area contributed by atoms with Gasteiger partial charge in [0.25, 0.3) is 0 Å². The highest BCUT2D eigenvalue weighted by molar-refractivity contribution is 5.93. The maximum Gasteiger partial charge on any atom is 0.132 e. The van der Waals surface area contributed by atoms with Crippen molar-refractivity contribution >= 4 is 16.7 Å². The number of hydrogen-bond donors (Lipinski definition) is 1. The number of rotatable bonds is 6. The van der Waals surface area contributed by atoms with E-state index in [1.54, 1.807) is 13.4 Å². The number of methoxy groups -OCH3 is 1. The van der Waals surface area contributed by atoms with E-state index in [1.807, 2.05) is 31.2 Å². The van der Waals surface area contributed by atoms with Crippen LogP contribution in [0.4, 0.5) is 5.82 Å². The normalized spacial score (nSPS) is 19.2. The Kier molecular flexibility index (Phi) is 5.50. The molecule has 3 aromatic rings. The molecule has 1 atom stereocenters. The lowest BCUT2D eigenvalue weighted by Crippen LogP contribution is -2.44. The van der Waals surface area contributed by atoms with E-state index in [1.165, 1.54) is 12.8 Å². The molecule has 1 aromatic carbocycles. The zero-order chi connectivity index (χ0) is 21.3. The molecule has 1 N–H and O–H groups in total. The SMILES string of the molecule is COCC(C)Oc1ccc2[nH]nc(-c3cc(N4CCC5(CCCO5)CC4)ncn3)c2c1. The predicted octanol–water partition coefficient (Wildman–Crippen LogP) is 3.58. The molecule has 2 aromatic heterocycles. The predicted molar refractivity (Wildman–Crippen MR) is 118 cm³/mol. The van der Waals surface area contributed by atoms with Crippen LogP contribution >= 0.6 is 0 Å². The molecule has 0 amide bonds. The van der Waals surface area contributed by atoms with Crippen LogP contribution in [-0.4, -0.2) is 65.3 Å². The van der Waals surface area contributed by atoms with Crippen molar-refractivity contribution < 1.29 is 14.2 Å². The quantitative estimate of drug-likeness (QED) is 0.648. The molecule has 0 saturated carbocycles. The second-order valence-electron chi connectivity index (χ2n) is 8.55. The number of fused-ring (bicyclic) bond motifs is 1. The minimum absolute atomic E-state index is 0.0327. The third-order valence-electron chi connectivity index (χ3n) is 6.35. The molecule has 164 valence electrons. The Bertz CT molecular complexity index is 1040. The number of hydrogen-bond acceptors (Lipinski definition) is 7. The van der Waals surface area contributed by atoms with Crippen LogP contribution in [0, 0.1) is 0 Å². The van der Waals surface area contributed by atoms with Crippen molar-refractivity contribution in [3.63, 3.8) is 0 Å². The first-order valence-corrected chi connectivity index (χ1v) is 11.0. The Morgan fingerprint density at radius 1 is 1.19 bits per heavy atom. The fraction of sp³-hybridized carbons (Fsp3) is 0.522. The van der Waals surface area contributed by atoms with Crippen LogP contribution < -0.4 is 9.64 Å². The monoisotopic (exact) mass is 423 g/mol. The minimum Gasteiger partial charge on any atom is -0.488 e. The zero-order valence-electron chi connectivity index (χ0n) is 18.1. The molecular weight excluding hydrogens is 394 g/mol. The number of piperidine rings is 1. The van der Waals surface area contributed by atoms with Gasteiger partial charge in [0.1, 0.15) is 29.7 Å². The molecule has 1 spiro atoms. The Morgan fingerprint density at radius 3 is 2.84 bits per heavy atom. The third-order valence-corrected chi connectivity index (χ3v) is 6.35. The van der Waals surface area contributed by atoms with Crippen LogP contribution in [0.1, 0.15) is 32.6 Å². The molecule has 2 aliphatic rings. The van der Waals surface area contributed by atoms with E-state index >= 15 is 0 Å². The molecule has 2 fully saturated rings. The van der Waals surface area contributed by atoms with Gasteiger partial charge in [-0.25, -0.2) is 9.97 Å². The molecule has 2 aliphatic heterocycles. The van der Waals surface area contributed by atoms with Gasteiger partial charge < -0.3 is 19.1 Å². The second kappa shape index (κ2) is 8.43. The Morgan fingerprint density at radius 2 is 2.06 bits per heavy atom. The number of anilines is 1. The summed E-state index contributed by atoms with van der Waals surface area (Å²) in [4.78, 5) is 11.4. The molecule has 31 heavy (non-hydrogen) atoms. The molecule has 2 saturated heterocycles. The molecule has 8 nitrogen and oxygen atoms in total. The molecule has 8 heteroatoms. The standard InChI is InChI=1S/C23H29N5O3/c1-16(14-29-2)31-17-4-5-19-18(12-17)22(27-26-19)20-13-21(25-15-24-20)28-9-7-23(8-10-28)6-3-11-30-23/h4-5,12-13,15-16H,3,6-11,14H2,1-2H3,(H,26,27). The lowest BCUT2D eigenvalue weighted by Gasteiger charge is -2.39. The summed E-state index contributed by atoms with van der Waals surface area (Å²) in [5.41, 5.74) is 2.65. The highest BCUT2D eigenvalue weighted by Crippen LogP contribution is 2.37. The highest BCUT2D eigenvalue weighted by atomic mass is 16.5. The van der Waals surface area contributed by atoms with E-state index in [0.29, 0.717) is 6.61 Å². The Hall–Kier alpha value is -2.71. The molecule has 0 aliphatic carbocycles. The summed E-state index contributed by atoms with van der Waals surface area (Å²) in [5.74, 6) is 1.72. The number of H-pyrrole nitrogens is 1. The van der Waals surface area contributed by atoms with Gasteiger partial charge in [0, 0.05) is 38.3 Å². The topological polar surface area (TPSA) is 85.4 Å². The van der Waals surface area contributed by atoms with E-state index < -0.39 is 0 Å². The van der Waals surface area contributed by atoms with Crippen molar-refractivity contribution in [3.8, 4) is 17.1 Å². The molecule has 0 bridgehead atoms. The number of nitrogens with zero attached hydrogens (tertiary/aromatic N) is 4. The lowest BCUT2D eigenvalue weighted by molar-refractivity contribution is -0.0147. The van der Waals surface area contributed by atoms with E-state index in [4.69, 9.17) is 14.2 Å². The van der Waals surface area contributed by atoms with Gasteiger partial charge in [0.2, 0.25) is 0 Å². The second-order valence-corrected chi connectivity index (χ2v) is 8.55. The summed E-state index contributed by atoms with van der Waals surface area (Å²) in [6, 6.07) is 7.96. The Labute approximate surface area is 181 Å². The van der Waals surface area contributed by atoms with Gasteiger partial charge in [-0.05, 0) is 50.8 Å². The van der Waals surface area contributed by atoms with Crippen LogP contribution in [-0.2, 0) is 9.47 Å². The van der Waals surface area contributed by atoms with Gasteiger partial charge in [-0.1, -0.05) is 0 Å².